The minimum atomic E-state index is -3.43. The standard InChI is InChI=1S/C18H22N2O3S3/c21-17(7-6-15-9-13-24-14-15)19-10-8-16-4-1-2-11-20(16)26(22,23)18-5-3-12-25-18/h3,5-7,9,12-14,16H,1-2,4,8,10-11H2,(H,19,21)/b7-6+. The average Bonchev–Trinajstić information content (AvgIpc) is 3.34. The van der Waals surface area contributed by atoms with Crippen LogP contribution in [-0.4, -0.2) is 37.8 Å². The molecule has 0 aromatic carbocycles. The maximum atomic E-state index is 12.8. The highest BCUT2D eigenvalue weighted by Crippen LogP contribution is 2.29. The van der Waals surface area contributed by atoms with Crippen LogP contribution in [0.15, 0.2) is 44.6 Å². The fourth-order valence-electron chi connectivity index (χ4n) is 3.07. The Bertz CT molecular complexity index is 827. The summed E-state index contributed by atoms with van der Waals surface area (Å²) >= 11 is 2.84. The highest BCUT2D eigenvalue weighted by atomic mass is 32.2. The molecule has 0 spiro atoms. The zero-order valence-electron chi connectivity index (χ0n) is 14.3. The molecule has 3 rings (SSSR count). The molecular formula is C18H22N2O3S3. The minimum Gasteiger partial charge on any atom is -0.352 e. The van der Waals surface area contributed by atoms with Crippen molar-refractivity contribution in [2.45, 2.75) is 35.9 Å². The van der Waals surface area contributed by atoms with Gasteiger partial charge in [0.05, 0.1) is 0 Å². The van der Waals surface area contributed by atoms with E-state index in [2.05, 4.69) is 5.32 Å². The van der Waals surface area contributed by atoms with Gasteiger partial charge in [0.15, 0.2) is 0 Å². The van der Waals surface area contributed by atoms with Gasteiger partial charge >= 0.3 is 0 Å². The van der Waals surface area contributed by atoms with Crippen molar-refractivity contribution in [3.05, 3.63) is 46.0 Å². The first-order valence-electron chi connectivity index (χ1n) is 8.61. The Morgan fingerprint density at radius 2 is 2.19 bits per heavy atom. The van der Waals surface area contributed by atoms with E-state index in [0.717, 1.165) is 24.8 Å². The highest BCUT2D eigenvalue weighted by Gasteiger charge is 2.33. The third-order valence-electron chi connectivity index (χ3n) is 4.38. The predicted octanol–water partition coefficient (Wildman–Crippen LogP) is 3.57. The summed E-state index contributed by atoms with van der Waals surface area (Å²) in [6.45, 7) is 1.02. The second-order valence-electron chi connectivity index (χ2n) is 6.17. The SMILES string of the molecule is O=C(/C=C/c1ccsc1)NCCC1CCCCN1S(=O)(=O)c1cccs1. The zero-order chi connectivity index (χ0) is 18.4. The van der Waals surface area contributed by atoms with Crippen molar-refractivity contribution in [3.8, 4) is 0 Å². The Morgan fingerprint density at radius 1 is 1.31 bits per heavy atom. The monoisotopic (exact) mass is 410 g/mol. The molecule has 0 bridgehead atoms. The number of piperidine rings is 1. The third-order valence-corrected chi connectivity index (χ3v) is 8.40. The number of nitrogens with zero attached hydrogens (tertiary/aromatic N) is 1. The summed E-state index contributed by atoms with van der Waals surface area (Å²) in [5.41, 5.74) is 1.01. The Hall–Kier alpha value is -1.48. The minimum absolute atomic E-state index is 0.0583. The number of sulfonamides is 1. The first-order chi connectivity index (χ1) is 12.6. The number of carbonyl (C=O) groups excluding carboxylic acids is 1. The average molecular weight is 411 g/mol. The van der Waals surface area contributed by atoms with Crippen LogP contribution >= 0.6 is 22.7 Å². The first kappa shape index (κ1) is 19.3. The van der Waals surface area contributed by atoms with E-state index < -0.39 is 10.0 Å². The van der Waals surface area contributed by atoms with Crippen LogP contribution in [-0.2, 0) is 14.8 Å². The molecular weight excluding hydrogens is 388 g/mol. The summed E-state index contributed by atoms with van der Waals surface area (Å²) in [5, 5.41) is 8.57. The van der Waals surface area contributed by atoms with Gasteiger partial charge < -0.3 is 5.32 Å². The van der Waals surface area contributed by atoms with Crippen molar-refractivity contribution >= 4 is 44.7 Å². The molecule has 26 heavy (non-hydrogen) atoms. The molecule has 5 nitrogen and oxygen atoms in total. The molecule has 1 saturated heterocycles. The molecule has 1 atom stereocenters. The van der Waals surface area contributed by atoms with Crippen molar-refractivity contribution in [1.82, 2.24) is 9.62 Å². The van der Waals surface area contributed by atoms with E-state index >= 15 is 0 Å². The van der Waals surface area contributed by atoms with E-state index in [-0.39, 0.29) is 11.9 Å². The summed E-state index contributed by atoms with van der Waals surface area (Å²) < 4.78 is 27.7. The van der Waals surface area contributed by atoms with Crippen molar-refractivity contribution in [2.24, 2.45) is 0 Å². The van der Waals surface area contributed by atoms with Gasteiger partial charge in [-0.2, -0.15) is 15.6 Å². The molecule has 8 heteroatoms. The van der Waals surface area contributed by atoms with Crippen LogP contribution in [0.2, 0.25) is 0 Å². The topological polar surface area (TPSA) is 66.5 Å². The molecule has 0 aliphatic carbocycles. The number of carbonyl (C=O) groups is 1. The van der Waals surface area contributed by atoms with Gasteiger partial charge in [0.2, 0.25) is 5.91 Å². The normalized spacial score (nSPS) is 19.0. The fourth-order valence-corrected chi connectivity index (χ4v) is 6.54. The quantitative estimate of drug-likeness (QED) is 0.710. The van der Waals surface area contributed by atoms with Crippen molar-refractivity contribution in [1.29, 1.82) is 0 Å². The van der Waals surface area contributed by atoms with Gasteiger partial charge in [-0.05, 0) is 59.2 Å². The molecule has 140 valence electrons. The van der Waals surface area contributed by atoms with Crippen LogP contribution in [0.4, 0.5) is 0 Å². The molecule has 1 N–H and O–H groups in total. The summed E-state index contributed by atoms with van der Waals surface area (Å²) in [4.78, 5) is 11.9. The number of hydrogen-bond acceptors (Lipinski definition) is 5. The smallest absolute Gasteiger partial charge is 0.252 e. The van der Waals surface area contributed by atoms with Gasteiger partial charge in [-0.3, -0.25) is 4.79 Å². The van der Waals surface area contributed by atoms with Gasteiger partial charge in [0.1, 0.15) is 4.21 Å². The Kier molecular flexibility index (Phi) is 6.63. The molecule has 0 radical (unpaired) electrons. The van der Waals surface area contributed by atoms with Crippen LogP contribution < -0.4 is 5.32 Å². The fraction of sp³-hybridized carbons (Fsp3) is 0.389. The number of nitrogens with one attached hydrogen (secondary N) is 1. The van der Waals surface area contributed by atoms with E-state index in [9.17, 15) is 13.2 Å². The second-order valence-corrected chi connectivity index (χ2v) is 10.0. The Balaban J connectivity index is 1.55. The van der Waals surface area contributed by atoms with Gasteiger partial charge in [0, 0.05) is 25.2 Å². The molecule has 2 aromatic rings. The number of hydrogen-bond donors (Lipinski definition) is 1. The van der Waals surface area contributed by atoms with Crippen LogP contribution in [0.25, 0.3) is 6.08 Å². The van der Waals surface area contributed by atoms with Crippen LogP contribution in [0, 0.1) is 0 Å². The second kappa shape index (κ2) is 8.94. The summed E-state index contributed by atoms with van der Waals surface area (Å²) in [7, 11) is -3.43. The number of rotatable bonds is 7. The predicted molar refractivity (Wildman–Crippen MR) is 107 cm³/mol. The number of thiophene rings is 2. The summed E-state index contributed by atoms with van der Waals surface area (Å²) in [5.74, 6) is -0.153. The lowest BCUT2D eigenvalue weighted by molar-refractivity contribution is -0.116. The van der Waals surface area contributed by atoms with Crippen molar-refractivity contribution in [3.63, 3.8) is 0 Å². The number of amides is 1. The zero-order valence-corrected chi connectivity index (χ0v) is 16.8. The first-order valence-corrected chi connectivity index (χ1v) is 11.9. The van der Waals surface area contributed by atoms with Crippen LogP contribution in [0.3, 0.4) is 0 Å². The molecule has 1 aliphatic heterocycles. The third kappa shape index (κ3) is 4.82. The molecule has 0 saturated carbocycles. The molecule has 3 heterocycles. The largest absolute Gasteiger partial charge is 0.352 e. The molecule has 1 aliphatic rings. The van der Waals surface area contributed by atoms with E-state index in [0.29, 0.717) is 23.7 Å². The van der Waals surface area contributed by atoms with Crippen LogP contribution in [0.1, 0.15) is 31.2 Å². The van der Waals surface area contributed by atoms with Gasteiger partial charge in [0.25, 0.3) is 10.0 Å². The lowest BCUT2D eigenvalue weighted by atomic mass is 10.0. The maximum Gasteiger partial charge on any atom is 0.252 e. The Morgan fingerprint density at radius 3 is 2.92 bits per heavy atom. The summed E-state index contributed by atoms with van der Waals surface area (Å²) in [6.07, 6.45) is 6.67. The van der Waals surface area contributed by atoms with E-state index in [1.807, 2.05) is 16.8 Å². The van der Waals surface area contributed by atoms with E-state index in [1.54, 1.807) is 39.2 Å². The lowest BCUT2D eigenvalue weighted by Crippen LogP contribution is -2.44. The maximum absolute atomic E-state index is 12.8. The van der Waals surface area contributed by atoms with Gasteiger partial charge in [-0.25, -0.2) is 8.42 Å². The molecule has 1 unspecified atom stereocenters. The highest BCUT2D eigenvalue weighted by molar-refractivity contribution is 7.91. The summed E-state index contributed by atoms with van der Waals surface area (Å²) in [6, 6.07) is 5.31. The van der Waals surface area contributed by atoms with E-state index in [1.165, 1.54) is 17.4 Å². The van der Waals surface area contributed by atoms with E-state index in [4.69, 9.17) is 0 Å². The van der Waals surface area contributed by atoms with Crippen molar-refractivity contribution < 1.29 is 13.2 Å². The molecule has 1 amide bonds. The molecule has 1 fully saturated rings. The molecule has 2 aromatic heterocycles. The van der Waals surface area contributed by atoms with Gasteiger partial charge in [-0.15, -0.1) is 11.3 Å². The van der Waals surface area contributed by atoms with Crippen molar-refractivity contribution in [2.75, 3.05) is 13.1 Å². The lowest BCUT2D eigenvalue weighted by Gasteiger charge is -2.34. The Labute approximate surface area is 162 Å². The van der Waals surface area contributed by atoms with Crippen LogP contribution in [0.5, 0.6) is 0 Å². The van der Waals surface area contributed by atoms with Gasteiger partial charge in [-0.1, -0.05) is 12.5 Å².